The predicted molar refractivity (Wildman–Crippen MR) is 136 cm³/mol. The van der Waals surface area contributed by atoms with Crippen molar-refractivity contribution >= 4 is 41.2 Å². The van der Waals surface area contributed by atoms with Crippen molar-refractivity contribution in [2.75, 3.05) is 41.0 Å². The van der Waals surface area contributed by atoms with Gasteiger partial charge in [-0.3, -0.25) is 9.59 Å². The van der Waals surface area contributed by atoms with Crippen LogP contribution in [0.25, 0.3) is 0 Å². The standard InChI is InChI=1S/C9H17NO2.C8H15NO4.C7H6Cl2O/c1-9(2,3)12-8(11)10-6-4-5-7-10;1-6(4-8(11)12)9(2)7(10)5-13-3;1-10-5-2-3-6(8)7(9)4-5/h4-7H2,1-3H3;6H,4-5H2,1-3H3,(H,11,12);2-4H,1H3. The van der Waals surface area contributed by atoms with Crippen molar-refractivity contribution in [1.82, 2.24) is 9.80 Å². The van der Waals surface area contributed by atoms with Gasteiger partial charge < -0.3 is 29.1 Å². The minimum absolute atomic E-state index is 0.0134. The number of carboxylic acids is 1. The summed E-state index contributed by atoms with van der Waals surface area (Å²) < 4.78 is 14.8. The number of halogens is 2. The molecular weight excluding hydrogens is 499 g/mol. The second-order valence-electron chi connectivity index (χ2n) is 8.84. The second-order valence-corrected chi connectivity index (χ2v) is 9.65. The average Bonchev–Trinajstić information content (AvgIpc) is 3.30. The summed E-state index contributed by atoms with van der Waals surface area (Å²) in [5.41, 5.74) is -0.361. The van der Waals surface area contributed by atoms with Crippen molar-refractivity contribution < 1.29 is 33.7 Å². The van der Waals surface area contributed by atoms with Crippen LogP contribution in [0.2, 0.25) is 10.0 Å². The van der Waals surface area contributed by atoms with Crippen LogP contribution in [0.1, 0.15) is 47.0 Å². The SMILES string of the molecule is CC(C)(C)OC(=O)N1CCCC1.COCC(=O)N(C)C(C)CC(=O)O.COc1ccc(Cl)c(Cl)c1. The molecule has 2 rings (SSSR count). The van der Waals surface area contributed by atoms with Crippen LogP contribution in [-0.4, -0.2) is 85.5 Å². The second kappa shape index (κ2) is 16.4. The van der Waals surface area contributed by atoms with E-state index < -0.39 is 5.97 Å². The fourth-order valence-corrected chi connectivity index (χ4v) is 2.98. The van der Waals surface area contributed by atoms with E-state index in [2.05, 4.69) is 4.74 Å². The van der Waals surface area contributed by atoms with Crippen molar-refractivity contribution in [3.05, 3.63) is 28.2 Å². The van der Waals surface area contributed by atoms with Gasteiger partial charge in [0.15, 0.2) is 0 Å². The molecule has 1 unspecified atom stereocenters. The number of carboxylic acid groups (broad SMARTS) is 1. The van der Waals surface area contributed by atoms with E-state index in [-0.39, 0.29) is 36.7 Å². The number of amides is 2. The molecule has 0 saturated carbocycles. The Hall–Kier alpha value is -2.23. The summed E-state index contributed by atoms with van der Waals surface area (Å²) in [6.45, 7) is 9.05. The van der Waals surface area contributed by atoms with E-state index in [0.717, 1.165) is 31.7 Å². The Kier molecular flexibility index (Phi) is 15.4. The predicted octanol–water partition coefficient (Wildman–Crippen LogP) is 4.97. The van der Waals surface area contributed by atoms with E-state index in [1.807, 2.05) is 20.8 Å². The number of hydrogen-bond acceptors (Lipinski definition) is 6. The zero-order valence-electron chi connectivity index (χ0n) is 21.6. The Morgan fingerprint density at radius 2 is 1.69 bits per heavy atom. The van der Waals surface area contributed by atoms with E-state index >= 15 is 0 Å². The van der Waals surface area contributed by atoms with Crippen LogP contribution in [0.4, 0.5) is 4.79 Å². The number of carbonyl (C=O) groups is 3. The number of ether oxygens (including phenoxy) is 3. The van der Waals surface area contributed by atoms with Crippen molar-refractivity contribution in [3.63, 3.8) is 0 Å². The fourth-order valence-electron chi connectivity index (χ4n) is 2.69. The quantitative estimate of drug-likeness (QED) is 0.546. The molecule has 1 fully saturated rings. The van der Waals surface area contributed by atoms with Gasteiger partial charge in [-0.25, -0.2) is 4.79 Å². The lowest BCUT2D eigenvalue weighted by Crippen LogP contribution is -2.38. The molecule has 1 aliphatic rings. The maximum atomic E-state index is 11.4. The number of nitrogens with zero attached hydrogens (tertiary/aromatic N) is 2. The zero-order chi connectivity index (χ0) is 27.2. The Balaban J connectivity index is 0.000000499. The minimum Gasteiger partial charge on any atom is -0.497 e. The van der Waals surface area contributed by atoms with Gasteiger partial charge in [-0.15, -0.1) is 0 Å². The number of likely N-dealkylation sites (tertiary alicyclic amines) is 1. The van der Waals surface area contributed by atoms with Gasteiger partial charge in [0.1, 0.15) is 18.0 Å². The molecule has 1 heterocycles. The lowest BCUT2D eigenvalue weighted by atomic mass is 10.2. The topological polar surface area (TPSA) is 106 Å². The molecular formula is C24H38Cl2N2O7. The first-order valence-corrected chi connectivity index (χ1v) is 11.9. The molecule has 1 atom stereocenters. The summed E-state index contributed by atoms with van der Waals surface area (Å²) >= 11 is 11.3. The zero-order valence-corrected chi connectivity index (χ0v) is 23.1. The van der Waals surface area contributed by atoms with E-state index in [9.17, 15) is 14.4 Å². The first-order chi connectivity index (χ1) is 16.2. The molecule has 0 bridgehead atoms. The van der Waals surface area contributed by atoms with Gasteiger partial charge in [-0.05, 0) is 52.7 Å². The third kappa shape index (κ3) is 14.7. The fraction of sp³-hybridized carbons (Fsp3) is 0.625. The van der Waals surface area contributed by atoms with Gasteiger partial charge in [0.05, 0.1) is 23.6 Å². The number of methoxy groups -OCH3 is 2. The summed E-state index contributed by atoms with van der Waals surface area (Å²) in [7, 11) is 4.57. The first kappa shape index (κ1) is 32.8. The number of hydrogen-bond donors (Lipinski definition) is 1. The Bertz CT molecular complexity index is 810. The molecule has 0 aliphatic carbocycles. The van der Waals surface area contributed by atoms with Gasteiger partial charge in [0.25, 0.3) is 0 Å². The normalized spacial score (nSPS) is 13.5. The molecule has 1 aliphatic heterocycles. The number of benzene rings is 1. The Morgan fingerprint density at radius 1 is 1.11 bits per heavy atom. The maximum absolute atomic E-state index is 11.4. The van der Waals surface area contributed by atoms with Crippen LogP contribution in [0.3, 0.4) is 0 Å². The molecule has 0 spiro atoms. The van der Waals surface area contributed by atoms with Crippen molar-refractivity contribution in [1.29, 1.82) is 0 Å². The molecule has 1 aromatic carbocycles. The molecule has 35 heavy (non-hydrogen) atoms. The van der Waals surface area contributed by atoms with Crippen molar-refractivity contribution in [3.8, 4) is 5.75 Å². The molecule has 2 amide bonds. The molecule has 1 saturated heterocycles. The number of likely N-dealkylation sites (N-methyl/N-ethyl adjacent to an activating group) is 1. The summed E-state index contributed by atoms with van der Waals surface area (Å²) in [4.78, 5) is 36.0. The van der Waals surface area contributed by atoms with E-state index in [1.165, 1.54) is 12.0 Å². The van der Waals surface area contributed by atoms with E-state index in [1.54, 1.807) is 44.2 Å². The highest BCUT2D eigenvalue weighted by atomic mass is 35.5. The lowest BCUT2D eigenvalue weighted by Gasteiger charge is -2.23. The third-order valence-corrected chi connectivity index (χ3v) is 5.42. The maximum Gasteiger partial charge on any atom is 0.410 e. The first-order valence-electron chi connectivity index (χ1n) is 11.1. The molecule has 1 N–H and O–H groups in total. The Labute approximate surface area is 218 Å². The van der Waals surface area contributed by atoms with Crippen LogP contribution < -0.4 is 4.74 Å². The smallest absolute Gasteiger partial charge is 0.410 e. The monoisotopic (exact) mass is 536 g/mol. The van der Waals surface area contributed by atoms with Crippen LogP contribution in [0.5, 0.6) is 5.75 Å². The largest absolute Gasteiger partial charge is 0.497 e. The van der Waals surface area contributed by atoms with Crippen LogP contribution in [0.15, 0.2) is 18.2 Å². The summed E-state index contributed by atoms with van der Waals surface area (Å²) in [5, 5.41) is 9.53. The number of aliphatic carboxylic acids is 1. The minimum atomic E-state index is -0.912. The van der Waals surface area contributed by atoms with Gasteiger partial charge >= 0.3 is 12.1 Å². The van der Waals surface area contributed by atoms with Gasteiger partial charge in [-0.2, -0.15) is 0 Å². The highest BCUT2D eigenvalue weighted by Gasteiger charge is 2.24. The van der Waals surface area contributed by atoms with Crippen LogP contribution in [0, 0.1) is 0 Å². The molecule has 200 valence electrons. The van der Waals surface area contributed by atoms with E-state index in [0.29, 0.717) is 10.0 Å². The van der Waals surface area contributed by atoms with Gasteiger partial charge in [0.2, 0.25) is 5.91 Å². The molecule has 0 radical (unpaired) electrons. The van der Waals surface area contributed by atoms with Gasteiger partial charge in [0, 0.05) is 39.4 Å². The summed E-state index contributed by atoms with van der Waals surface area (Å²) in [6, 6.07) is 4.82. The van der Waals surface area contributed by atoms with Crippen LogP contribution >= 0.6 is 23.2 Å². The highest BCUT2D eigenvalue weighted by molar-refractivity contribution is 6.42. The number of rotatable bonds is 6. The average molecular weight is 537 g/mol. The number of carbonyl (C=O) groups excluding carboxylic acids is 2. The van der Waals surface area contributed by atoms with Crippen molar-refractivity contribution in [2.24, 2.45) is 0 Å². The molecule has 11 heteroatoms. The molecule has 9 nitrogen and oxygen atoms in total. The Morgan fingerprint density at radius 3 is 2.11 bits per heavy atom. The lowest BCUT2D eigenvalue weighted by molar-refractivity contribution is -0.141. The summed E-state index contributed by atoms with van der Waals surface area (Å²) in [6.07, 6.45) is 2.00. The van der Waals surface area contributed by atoms with Crippen molar-refractivity contribution in [2.45, 2.75) is 58.6 Å². The molecule has 0 aromatic heterocycles. The van der Waals surface area contributed by atoms with E-state index in [4.69, 9.17) is 37.8 Å². The highest BCUT2D eigenvalue weighted by Crippen LogP contribution is 2.25. The molecule has 1 aromatic rings. The third-order valence-electron chi connectivity index (χ3n) is 4.68. The van der Waals surface area contributed by atoms with Crippen LogP contribution in [-0.2, 0) is 19.1 Å². The summed E-state index contributed by atoms with van der Waals surface area (Å²) in [5.74, 6) is -0.407. The van der Waals surface area contributed by atoms with Gasteiger partial charge in [-0.1, -0.05) is 23.2 Å².